The Morgan fingerprint density at radius 1 is 1.29 bits per heavy atom. The highest BCUT2D eigenvalue weighted by molar-refractivity contribution is 7.71. The number of aryl methyl sites for hydroxylation is 1. The molecule has 2 N–H and O–H groups in total. The largest absolute Gasteiger partial charge is 0.387 e. The third-order valence-corrected chi connectivity index (χ3v) is 5.39. The van der Waals surface area contributed by atoms with Crippen LogP contribution in [-0.4, -0.2) is 25.5 Å². The Kier molecular flexibility index (Phi) is 6.13. The number of aromatic amines is 1. The van der Waals surface area contributed by atoms with E-state index in [-0.39, 0.29) is 5.41 Å². The Morgan fingerprint density at radius 2 is 2.00 bits per heavy atom. The number of hydrogen-bond acceptors (Lipinski definition) is 3. The number of H-pyrrole nitrogens is 1. The van der Waals surface area contributed by atoms with E-state index in [1.54, 1.807) is 17.1 Å². The molecule has 1 heterocycles. The van der Waals surface area contributed by atoms with Gasteiger partial charge in [-0.05, 0) is 54.6 Å². The van der Waals surface area contributed by atoms with Crippen LogP contribution in [-0.2, 0) is 13.0 Å². The second kappa shape index (κ2) is 7.56. The monoisotopic (exact) mass is 387 g/mol. The van der Waals surface area contributed by atoms with E-state index in [0.29, 0.717) is 27.8 Å². The molecule has 1 aromatic heterocycles. The quantitative estimate of drug-likeness (QED) is 0.681. The molecular formula is C17H23Cl2N3OS. The molecule has 0 aliphatic rings. The molecule has 0 saturated carbocycles. The van der Waals surface area contributed by atoms with Gasteiger partial charge in [0.05, 0.1) is 12.1 Å². The van der Waals surface area contributed by atoms with Gasteiger partial charge in [-0.3, -0.25) is 0 Å². The van der Waals surface area contributed by atoms with Crippen LogP contribution in [0.5, 0.6) is 0 Å². The molecule has 7 heteroatoms. The minimum Gasteiger partial charge on any atom is -0.387 e. The minimum atomic E-state index is -0.931. The lowest BCUT2D eigenvalue weighted by molar-refractivity contribution is -0.0813. The van der Waals surface area contributed by atoms with Gasteiger partial charge in [0.1, 0.15) is 6.33 Å². The van der Waals surface area contributed by atoms with Crippen LogP contribution >= 0.6 is 35.4 Å². The van der Waals surface area contributed by atoms with Crippen LogP contribution in [0.1, 0.15) is 39.2 Å². The van der Waals surface area contributed by atoms with Crippen molar-refractivity contribution in [1.29, 1.82) is 0 Å². The third kappa shape index (κ3) is 4.60. The van der Waals surface area contributed by atoms with E-state index in [2.05, 4.69) is 10.1 Å². The van der Waals surface area contributed by atoms with E-state index in [9.17, 15) is 5.11 Å². The normalized spacial score (nSPS) is 14.6. The van der Waals surface area contributed by atoms with E-state index >= 15 is 0 Å². The van der Waals surface area contributed by atoms with Gasteiger partial charge in [-0.2, -0.15) is 5.10 Å². The number of hydrogen-bond donors (Lipinski definition) is 2. The van der Waals surface area contributed by atoms with Gasteiger partial charge in [-0.1, -0.05) is 50.0 Å². The molecule has 1 atom stereocenters. The van der Waals surface area contributed by atoms with Crippen molar-refractivity contribution >= 4 is 35.4 Å². The smallest absolute Gasteiger partial charge is 0.195 e. The molecule has 0 aliphatic heterocycles. The van der Waals surface area contributed by atoms with Crippen LogP contribution in [0.4, 0.5) is 0 Å². The summed E-state index contributed by atoms with van der Waals surface area (Å²) in [5, 5.41) is 16.7. The van der Waals surface area contributed by atoms with Crippen LogP contribution in [0.2, 0.25) is 10.0 Å². The van der Waals surface area contributed by atoms with Crippen molar-refractivity contribution in [2.24, 2.45) is 5.41 Å². The highest BCUT2D eigenvalue weighted by atomic mass is 35.5. The Morgan fingerprint density at radius 3 is 2.54 bits per heavy atom. The van der Waals surface area contributed by atoms with Crippen molar-refractivity contribution in [3.63, 3.8) is 0 Å². The molecule has 24 heavy (non-hydrogen) atoms. The molecule has 1 unspecified atom stereocenters. The summed E-state index contributed by atoms with van der Waals surface area (Å²) >= 11 is 17.4. The molecule has 132 valence electrons. The first-order chi connectivity index (χ1) is 11.1. The van der Waals surface area contributed by atoms with Gasteiger partial charge in [0.15, 0.2) is 4.77 Å². The van der Waals surface area contributed by atoms with Crippen LogP contribution in [0, 0.1) is 10.2 Å². The topological polar surface area (TPSA) is 53.8 Å². The number of nitrogens with zero attached hydrogens (tertiary/aromatic N) is 2. The maximum Gasteiger partial charge on any atom is 0.195 e. The molecular weight excluding hydrogens is 365 g/mol. The molecule has 0 fully saturated rings. The summed E-state index contributed by atoms with van der Waals surface area (Å²) in [6.45, 7) is 6.43. The molecule has 0 amide bonds. The Hall–Kier alpha value is -0.880. The maximum absolute atomic E-state index is 11.3. The molecule has 4 nitrogen and oxygen atoms in total. The zero-order valence-corrected chi connectivity index (χ0v) is 16.5. The zero-order chi connectivity index (χ0) is 18.0. The zero-order valence-electron chi connectivity index (χ0n) is 14.1. The lowest BCUT2D eigenvalue weighted by Gasteiger charge is -2.40. The lowest BCUT2D eigenvalue weighted by Crippen LogP contribution is -2.46. The highest BCUT2D eigenvalue weighted by Crippen LogP contribution is 2.36. The second-order valence-electron chi connectivity index (χ2n) is 7.12. The van der Waals surface area contributed by atoms with E-state index < -0.39 is 5.60 Å². The average molecular weight is 388 g/mol. The molecule has 0 saturated heterocycles. The first-order valence-electron chi connectivity index (χ1n) is 7.89. The summed E-state index contributed by atoms with van der Waals surface area (Å²) in [5.41, 5.74) is -0.210. The summed E-state index contributed by atoms with van der Waals surface area (Å²) in [7, 11) is 0. The van der Waals surface area contributed by atoms with E-state index in [1.165, 1.54) is 0 Å². The molecule has 0 spiro atoms. The lowest BCUT2D eigenvalue weighted by atomic mass is 9.73. The summed E-state index contributed by atoms with van der Waals surface area (Å²) in [4.78, 5) is 2.86. The number of aromatic nitrogens is 3. The van der Waals surface area contributed by atoms with E-state index in [4.69, 9.17) is 35.4 Å². The summed E-state index contributed by atoms with van der Waals surface area (Å²) in [6, 6.07) is 5.52. The second-order valence-corrected chi connectivity index (χ2v) is 8.35. The molecule has 2 aromatic rings. The van der Waals surface area contributed by atoms with Crippen molar-refractivity contribution in [3.8, 4) is 0 Å². The fourth-order valence-electron chi connectivity index (χ4n) is 2.63. The summed E-state index contributed by atoms with van der Waals surface area (Å²) in [5.74, 6) is 0. The molecule has 1 aromatic carbocycles. The van der Waals surface area contributed by atoms with Gasteiger partial charge < -0.3 is 10.1 Å². The highest BCUT2D eigenvalue weighted by Gasteiger charge is 2.40. The average Bonchev–Trinajstić information content (AvgIpc) is 2.85. The molecule has 0 radical (unpaired) electrons. The standard InChI is InChI=1S/C17H23Cl2N3OS/c1-16(2,3)17(23,10-22-15(24)20-11-21-22)8-4-5-12-6-7-13(18)9-14(12)19/h6-7,9,11,23H,4-5,8,10H2,1-3H3,(H,20,21,24). The fourth-order valence-corrected chi connectivity index (χ4v) is 3.30. The third-order valence-electron chi connectivity index (χ3n) is 4.48. The van der Waals surface area contributed by atoms with Crippen molar-refractivity contribution in [2.45, 2.75) is 52.2 Å². The number of halogens is 2. The Balaban J connectivity index is 2.09. The number of rotatable bonds is 6. The predicted octanol–water partition coefficient (Wildman–Crippen LogP) is 5.05. The van der Waals surface area contributed by atoms with Crippen molar-refractivity contribution in [1.82, 2.24) is 14.8 Å². The van der Waals surface area contributed by atoms with Gasteiger partial charge in [-0.15, -0.1) is 0 Å². The van der Waals surface area contributed by atoms with Crippen LogP contribution in [0.3, 0.4) is 0 Å². The Bertz CT molecular complexity index is 751. The van der Waals surface area contributed by atoms with Crippen molar-refractivity contribution in [2.75, 3.05) is 0 Å². The Labute approximate surface area is 157 Å². The first-order valence-corrected chi connectivity index (χ1v) is 9.06. The van der Waals surface area contributed by atoms with Gasteiger partial charge in [0, 0.05) is 10.0 Å². The molecule has 2 rings (SSSR count). The first kappa shape index (κ1) is 19.4. The van der Waals surface area contributed by atoms with Crippen LogP contribution in [0.25, 0.3) is 0 Å². The number of benzene rings is 1. The number of aliphatic hydroxyl groups is 1. The van der Waals surface area contributed by atoms with Crippen molar-refractivity contribution in [3.05, 3.63) is 44.9 Å². The minimum absolute atomic E-state index is 0.315. The van der Waals surface area contributed by atoms with Gasteiger partial charge in [0.2, 0.25) is 0 Å². The predicted molar refractivity (Wildman–Crippen MR) is 101 cm³/mol. The van der Waals surface area contributed by atoms with E-state index in [0.717, 1.165) is 18.4 Å². The SMILES string of the molecule is CC(C)(C)C(O)(CCCc1ccc(Cl)cc1Cl)Cn1nc[nH]c1=S. The van der Waals surface area contributed by atoms with Crippen LogP contribution in [0.15, 0.2) is 24.5 Å². The van der Waals surface area contributed by atoms with Gasteiger partial charge in [0.25, 0.3) is 0 Å². The summed E-state index contributed by atoms with van der Waals surface area (Å²) < 4.78 is 2.15. The number of nitrogens with one attached hydrogen (secondary N) is 1. The molecule has 0 aliphatic carbocycles. The van der Waals surface area contributed by atoms with Gasteiger partial charge >= 0.3 is 0 Å². The van der Waals surface area contributed by atoms with Crippen molar-refractivity contribution < 1.29 is 5.11 Å². The summed E-state index contributed by atoms with van der Waals surface area (Å²) in [6.07, 6.45) is 3.73. The fraction of sp³-hybridized carbons (Fsp3) is 0.529. The molecule has 0 bridgehead atoms. The maximum atomic E-state index is 11.3. The van der Waals surface area contributed by atoms with E-state index in [1.807, 2.05) is 32.9 Å². The van der Waals surface area contributed by atoms with Gasteiger partial charge in [-0.25, -0.2) is 4.68 Å². The van der Waals surface area contributed by atoms with Crippen LogP contribution < -0.4 is 0 Å².